The van der Waals surface area contributed by atoms with Gasteiger partial charge in [0.1, 0.15) is 0 Å². The zero-order chi connectivity index (χ0) is 14.8. The van der Waals surface area contributed by atoms with E-state index in [0.29, 0.717) is 5.75 Å². The molecule has 20 heavy (non-hydrogen) atoms. The fourth-order valence-corrected chi connectivity index (χ4v) is 3.67. The van der Waals surface area contributed by atoms with E-state index >= 15 is 0 Å². The first kappa shape index (κ1) is 15.9. The van der Waals surface area contributed by atoms with Gasteiger partial charge in [-0.05, 0) is 56.4 Å². The molecule has 1 saturated carbocycles. The van der Waals surface area contributed by atoms with Crippen LogP contribution >= 0.6 is 27.7 Å². The summed E-state index contributed by atoms with van der Waals surface area (Å²) in [6, 6.07) is 4.18. The summed E-state index contributed by atoms with van der Waals surface area (Å²) in [5.41, 5.74) is 1.99. The van der Waals surface area contributed by atoms with E-state index in [0.717, 1.165) is 28.6 Å². The van der Waals surface area contributed by atoms with Crippen LogP contribution in [-0.4, -0.2) is 28.9 Å². The summed E-state index contributed by atoms with van der Waals surface area (Å²) < 4.78 is 1.09. The van der Waals surface area contributed by atoms with Gasteiger partial charge in [-0.2, -0.15) is 0 Å². The highest BCUT2D eigenvalue weighted by molar-refractivity contribution is 9.10. The van der Waals surface area contributed by atoms with E-state index in [1.54, 1.807) is 11.8 Å². The molecule has 0 aromatic heterocycles. The molecule has 0 spiro atoms. The van der Waals surface area contributed by atoms with E-state index in [1.807, 2.05) is 13.8 Å². The van der Waals surface area contributed by atoms with Crippen LogP contribution in [0.25, 0.3) is 0 Å². The van der Waals surface area contributed by atoms with Crippen LogP contribution in [0.15, 0.2) is 21.5 Å². The predicted molar refractivity (Wildman–Crippen MR) is 86.2 cm³/mol. The molecule has 0 unspecified atom stereocenters. The second-order valence-electron chi connectivity index (χ2n) is 5.50. The number of hydrogen-bond donors (Lipinski definition) is 2. The molecule has 0 saturated heterocycles. The van der Waals surface area contributed by atoms with E-state index in [4.69, 9.17) is 0 Å². The highest BCUT2D eigenvalue weighted by atomic mass is 79.9. The third-order valence-corrected chi connectivity index (χ3v) is 5.84. The molecular formula is C15H20BrNO2S. The van der Waals surface area contributed by atoms with Crippen LogP contribution in [-0.2, 0) is 4.79 Å². The molecule has 2 N–H and O–H groups in total. The lowest BCUT2D eigenvalue weighted by atomic mass is 9.77. The Labute approximate surface area is 132 Å². The number of amides is 1. The van der Waals surface area contributed by atoms with Gasteiger partial charge in [-0.3, -0.25) is 4.79 Å². The number of carbonyl (C=O) groups excluding carboxylic acids is 1. The Hall–Kier alpha value is -0.520. The number of halogens is 1. The van der Waals surface area contributed by atoms with Crippen molar-refractivity contribution < 1.29 is 9.90 Å². The maximum Gasteiger partial charge on any atom is 0.230 e. The third-order valence-electron chi connectivity index (χ3n) is 3.83. The van der Waals surface area contributed by atoms with Crippen LogP contribution < -0.4 is 5.32 Å². The maximum absolute atomic E-state index is 12.0. The Kier molecular flexibility index (Phi) is 5.15. The first-order valence-corrected chi connectivity index (χ1v) is 8.55. The van der Waals surface area contributed by atoms with Crippen molar-refractivity contribution in [2.75, 3.05) is 12.4 Å². The number of aryl methyl sites for hydroxylation is 2. The lowest BCUT2D eigenvalue weighted by molar-refractivity contribution is -0.122. The normalized spacial score (nSPS) is 16.6. The first-order chi connectivity index (χ1) is 9.46. The average molecular weight is 358 g/mol. The van der Waals surface area contributed by atoms with Gasteiger partial charge in [-0.1, -0.05) is 15.9 Å². The van der Waals surface area contributed by atoms with E-state index in [-0.39, 0.29) is 18.1 Å². The molecule has 1 aromatic rings. The summed E-state index contributed by atoms with van der Waals surface area (Å²) >= 11 is 5.06. The topological polar surface area (TPSA) is 49.3 Å². The predicted octanol–water partition coefficient (Wildman–Crippen LogP) is 3.19. The molecule has 110 valence electrons. The second-order valence-corrected chi connectivity index (χ2v) is 7.37. The summed E-state index contributed by atoms with van der Waals surface area (Å²) in [7, 11) is 0. The van der Waals surface area contributed by atoms with Crippen molar-refractivity contribution in [1.82, 2.24) is 5.32 Å². The van der Waals surface area contributed by atoms with Crippen LogP contribution in [0, 0.1) is 13.8 Å². The SMILES string of the molecule is Cc1cc(SCC(=O)NC2(CO)CCC2)c(C)cc1Br. The average Bonchev–Trinajstić information content (AvgIpc) is 2.36. The molecule has 0 bridgehead atoms. The zero-order valence-electron chi connectivity index (χ0n) is 11.8. The number of benzene rings is 1. The molecule has 0 aliphatic heterocycles. The van der Waals surface area contributed by atoms with Crippen molar-refractivity contribution in [3.8, 4) is 0 Å². The minimum atomic E-state index is -0.345. The van der Waals surface area contributed by atoms with Gasteiger partial charge in [-0.15, -0.1) is 11.8 Å². The first-order valence-electron chi connectivity index (χ1n) is 6.77. The van der Waals surface area contributed by atoms with Crippen molar-refractivity contribution in [2.24, 2.45) is 0 Å². The molecule has 0 atom stereocenters. The van der Waals surface area contributed by atoms with Crippen molar-refractivity contribution in [1.29, 1.82) is 0 Å². The van der Waals surface area contributed by atoms with E-state index < -0.39 is 0 Å². The number of carbonyl (C=O) groups is 1. The minimum absolute atomic E-state index is 0.00345. The lowest BCUT2D eigenvalue weighted by Crippen LogP contribution is -2.56. The van der Waals surface area contributed by atoms with Crippen molar-refractivity contribution >= 4 is 33.6 Å². The zero-order valence-corrected chi connectivity index (χ0v) is 14.2. The fraction of sp³-hybridized carbons (Fsp3) is 0.533. The lowest BCUT2D eigenvalue weighted by Gasteiger charge is -2.40. The smallest absolute Gasteiger partial charge is 0.230 e. The van der Waals surface area contributed by atoms with Crippen LogP contribution in [0.4, 0.5) is 0 Å². The Morgan fingerprint density at radius 2 is 2.10 bits per heavy atom. The Bertz CT molecular complexity index is 509. The van der Waals surface area contributed by atoms with Gasteiger partial charge >= 0.3 is 0 Å². The minimum Gasteiger partial charge on any atom is -0.394 e. The molecule has 2 rings (SSSR count). The van der Waals surface area contributed by atoms with Crippen LogP contribution in [0.1, 0.15) is 30.4 Å². The van der Waals surface area contributed by atoms with E-state index in [1.165, 1.54) is 11.1 Å². The van der Waals surface area contributed by atoms with Crippen molar-refractivity contribution in [2.45, 2.75) is 43.5 Å². The van der Waals surface area contributed by atoms with Gasteiger partial charge in [0.05, 0.1) is 17.9 Å². The molecule has 1 aromatic carbocycles. The number of aliphatic hydroxyl groups is 1. The molecule has 0 radical (unpaired) electrons. The summed E-state index contributed by atoms with van der Waals surface area (Å²) in [5.74, 6) is 0.396. The molecule has 1 fully saturated rings. The van der Waals surface area contributed by atoms with Gasteiger partial charge in [0.2, 0.25) is 5.91 Å². The monoisotopic (exact) mass is 357 g/mol. The van der Waals surface area contributed by atoms with Crippen LogP contribution in [0.5, 0.6) is 0 Å². The Balaban J connectivity index is 1.92. The summed E-state index contributed by atoms with van der Waals surface area (Å²) in [6.07, 6.45) is 2.85. The fourth-order valence-electron chi connectivity index (χ4n) is 2.31. The van der Waals surface area contributed by atoms with Gasteiger partial charge < -0.3 is 10.4 Å². The van der Waals surface area contributed by atoms with Crippen LogP contribution in [0.3, 0.4) is 0 Å². The molecule has 1 aliphatic rings. The highest BCUT2D eigenvalue weighted by Gasteiger charge is 2.37. The number of hydrogen-bond acceptors (Lipinski definition) is 3. The summed E-state index contributed by atoms with van der Waals surface area (Å²) in [4.78, 5) is 13.1. The number of nitrogens with one attached hydrogen (secondary N) is 1. The van der Waals surface area contributed by atoms with Crippen molar-refractivity contribution in [3.63, 3.8) is 0 Å². The Morgan fingerprint density at radius 1 is 1.40 bits per heavy atom. The molecule has 5 heteroatoms. The molecule has 0 heterocycles. The third kappa shape index (κ3) is 3.57. The number of thioether (sulfide) groups is 1. The maximum atomic E-state index is 12.0. The number of aliphatic hydroxyl groups excluding tert-OH is 1. The highest BCUT2D eigenvalue weighted by Crippen LogP contribution is 2.32. The van der Waals surface area contributed by atoms with E-state index in [2.05, 4.69) is 33.4 Å². The van der Waals surface area contributed by atoms with E-state index in [9.17, 15) is 9.90 Å². The van der Waals surface area contributed by atoms with Gasteiger partial charge in [-0.25, -0.2) is 0 Å². The van der Waals surface area contributed by atoms with Gasteiger partial charge in [0, 0.05) is 9.37 Å². The number of rotatable bonds is 5. The molecule has 1 aliphatic carbocycles. The quantitative estimate of drug-likeness (QED) is 0.795. The van der Waals surface area contributed by atoms with Gasteiger partial charge in [0.15, 0.2) is 0 Å². The van der Waals surface area contributed by atoms with Crippen molar-refractivity contribution in [3.05, 3.63) is 27.7 Å². The standard InChI is InChI=1S/C15H20BrNO2S/c1-10-7-13(11(2)6-12(10)16)20-8-14(19)17-15(9-18)4-3-5-15/h6-7,18H,3-5,8-9H2,1-2H3,(H,17,19). The van der Waals surface area contributed by atoms with Crippen LogP contribution in [0.2, 0.25) is 0 Å². The Morgan fingerprint density at radius 3 is 2.65 bits per heavy atom. The second kappa shape index (κ2) is 6.50. The molecule has 3 nitrogen and oxygen atoms in total. The molecule has 1 amide bonds. The van der Waals surface area contributed by atoms with Gasteiger partial charge in [0.25, 0.3) is 0 Å². The summed E-state index contributed by atoms with van der Waals surface area (Å²) in [5, 5.41) is 12.3. The largest absolute Gasteiger partial charge is 0.394 e. The molecular weight excluding hydrogens is 338 g/mol. The summed E-state index contributed by atoms with van der Waals surface area (Å²) in [6.45, 7) is 4.13.